The molecule has 5 N–H and O–H groups in total. The lowest BCUT2D eigenvalue weighted by Gasteiger charge is -2.43. The number of nitriles is 1. The third kappa shape index (κ3) is 8.11. The Morgan fingerprint density at radius 1 is 1.26 bits per heavy atom. The van der Waals surface area contributed by atoms with E-state index >= 15 is 0 Å². The molecule has 2 saturated heterocycles. The Hall–Kier alpha value is -3.96. The molecule has 0 saturated carbocycles. The van der Waals surface area contributed by atoms with Gasteiger partial charge in [-0.3, -0.25) is 10.2 Å². The van der Waals surface area contributed by atoms with Crippen LogP contribution in [0.5, 0.6) is 0 Å². The Morgan fingerprint density at radius 3 is 2.49 bits per heavy atom. The molecular formula is C29H38F3N9OS. The zero-order valence-electron chi connectivity index (χ0n) is 24.2. The molecule has 1 amide bonds. The number of nitrogens with two attached hydrogens (primary N) is 1. The first kappa shape index (κ1) is 33.5. The minimum absolute atomic E-state index is 0.0191. The summed E-state index contributed by atoms with van der Waals surface area (Å²) < 4.78 is 41.6. The summed E-state index contributed by atoms with van der Waals surface area (Å²) in [5.74, 6) is -0.129. The molecule has 10 nitrogen and oxygen atoms in total. The lowest BCUT2D eigenvalue weighted by atomic mass is 9.97. The number of amidine groups is 1. The molecule has 0 aliphatic carbocycles. The second-order valence-electron chi connectivity index (χ2n) is 10.6. The van der Waals surface area contributed by atoms with Crippen molar-refractivity contribution in [1.82, 2.24) is 20.0 Å². The average Bonchev–Trinajstić information content (AvgIpc) is 3.47. The second-order valence-corrected chi connectivity index (χ2v) is 10.8. The van der Waals surface area contributed by atoms with Crippen molar-refractivity contribution in [2.45, 2.75) is 37.9 Å². The monoisotopic (exact) mass is 617 g/mol. The topological polar surface area (TPSA) is 140 Å². The SMILES string of the molecule is C=CC(=O)N1CCN(C(=N)C2=C(NC=S)CN(c3c(C(F)(F)F)ccc(N)c3C=N)CC2)CC1CC#N.CN1CCCC1. The quantitative estimate of drug-likeness (QED) is 0.120. The molecule has 0 radical (unpaired) electrons. The molecule has 4 rings (SSSR count). The molecule has 0 aromatic heterocycles. The number of likely N-dealkylation sites (tertiary alicyclic amines) is 1. The molecule has 0 bridgehead atoms. The third-order valence-electron chi connectivity index (χ3n) is 7.79. The highest BCUT2D eigenvalue weighted by Gasteiger charge is 2.38. The molecule has 3 aliphatic heterocycles. The van der Waals surface area contributed by atoms with Crippen molar-refractivity contribution in [3.05, 3.63) is 47.2 Å². The number of carbonyl (C=O) groups is 1. The maximum absolute atomic E-state index is 13.9. The van der Waals surface area contributed by atoms with E-state index in [1.54, 1.807) is 9.80 Å². The Balaban J connectivity index is 0.000000749. The summed E-state index contributed by atoms with van der Waals surface area (Å²) in [7, 11) is 2.17. The number of hydrogen-bond donors (Lipinski definition) is 4. The van der Waals surface area contributed by atoms with Crippen LogP contribution in [0.4, 0.5) is 24.5 Å². The molecule has 3 aliphatic rings. The number of rotatable bonds is 7. The van der Waals surface area contributed by atoms with Crippen molar-refractivity contribution in [2.75, 3.05) is 63.5 Å². The van der Waals surface area contributed by atoms with E-state index in [2.05, 4.69) is 29.9 Å². The molecule has 14 heteroatoms. The number of benzene rings is 1. The van der Waals surface area contributed by atoms with Crippen molar-refractivity contribution >= 4 is 47.0 Å². The van der Waals surface area contributed by atoms with Crippen LogP contribution >= 0.6 is 12.2 Å². The molecule has 1 aromatic carbocycles. The number of hydrogen-bond acceptors (Lipinski definition) is 8. The van der Waals surface area contributed by atoms with Gasteiger partial charge in [-0.1, -0.05) is 18.8 Å². The van der Waals surface area contributed by atoms with E-state index in [0.29, 0.717) is 24.4 Å². The molecule has 232 valence electrons. The zero-order valence-corrected chi connectivity index (χ0v) is 25.0. The molecule has 0 spiro atoms. The highest BCUT2D eigenvalue weighted by Crippen LogP contribution is 2.41. The Bertz CT molecular complexity index is 1300. The normalized spacial score (nSPS) is 19.2. The number of alkyl halides is 3. The number of nitrogen functional groups attached to an aromatic ring is 1. The Labute approximate surface area is 255 Å². The van der Waals surface area contributed by atoms with Crippen molar-refractivity contribution in [3.63, 3.8) is 0 Å². The van der Waals surface area contributed by atoms with Crippen LogP contribution in [0.1, 0.15) is 36.8 Å². The molecule has 43 heavy (non-hydrogen) atoms. The highest BCUT2D eigenvalue weighted by molar-refractivity contribution is 7.78. The first-order valence-electron chi connectivity index (χ1n) is 14.0. The van der Waals surface area contributed by atoms with Gasteiger partial charge in [0.15, 0.2) is 0 Å². The van der Waals surface area contributed by atoms with Gasteiger partial charge in [0.05, 0.1) is 41.8 Å². The number of thiocarbonyl (C=S) groups is 1. The van der Waals surface area contributed by atoms with Gasteiger partial charge in [-0.05, 0) is 57.6 Å². The molecule has 2 fully saturated rings. The van der Waals surface area contributed by atoms with E-state index in [9.17, 15) is 23.2 Å². The van der Waals surface area contributed by atoms with Gasteiger partial charge in [0, 0.05) is 54.9 Å². The van der Waals surface area contributed by atoms with E-state index in [0.717, 1.165) is 18.3 Å². The van der Waals surface area contributed by atoms with E-state index in [1.807, 2.05) is 0 Å². The maximum atomic E-state index is 13.9. The van der Waals surface area contributed by atoms with Gasteiger partial charge in [0.1, 0.15) is 5.84 Å². The minimum Gasteiger partial charge on any atom is -0.398 e. The summed E-state index contributed by atoms with van der Waals surface area (Å²) in [6, 6.07) is 3.69. The number of nitrogens with one attached hydrogen (secondary N) is 3. The molecule has 1 atom stereocenters. The smallest absolute Gasteiger partial charge is 0.398 e. The van der Waals surface area contributed by atoms with E-state index in [1.165, 1.54) is 42.4 Å². The van der Waals surface area contributed by atoms with Crippen LogP contribution in [0.3, 0.4) is 0 Å². The number of halogens is 3. The van der Waals surface area contributed by atoms with Gasteiger partial charge in [0.2, 0.25) is 5.91 Å². The lowest BCUT2D eigenvalue weighted by molar-refractivity contribution is -0.137. The van der Waals surface area contributed by atoms with E-state index in [4.69, 9.17) is 28.8 Å². The second kappa shape index (κ2) is 15.0. The van der Waals surface area contributed by atoms with Crippen molar-refractivity contribution in [3.8, 4) is 6.07 Å². The first-order valence-corrected chi connectivity index (χ1v) is 14.4. The van der Waals surface area contributed by atoms with Crippen LogP contribution in [-0.2, 0) is 11.0 Å². The summed E-state index contributed by atoms with van der Waals surface area (Å²) in [6.07, 6.45) is 0.485. The fourth-order valence-corrected chi connectivity index (χ4v) is 5.72. The van der Waals surface area contributed by atoms with Crippen LogP contribution < -0.4 is 16.0 Å². The van der Waals surface area contributed by atoms with Crippen molar-refractivity contribution < 1.29 is 18.0 Å². The predicted octanol–water partition coefficient (Wildman–Crippen LogP) is 3.60. The zero-order chi connectivity index (χ0) is 31.7. The van der Waals surface area contributed by atoms with Crippen LogP contribution in [0.15, 0.2) is 36.1 Å². The number of anilines is 2. The van der Waals surface area contributed by atoms with Gasteiger partial charge >= 0.3 is 6.18 Å². The third-order valence-corrected chi connectivity index (χ3v) is 7.91. The predicted molar refractivity (Wildman–Crippen MR) is 166 cm³/mol. The Kier molecular flexibility index (Phi) is 11.7. The highest BCUT2D eigenvalue weighted by atomic mass is 32.1. The minimum atomic E-state index is -4.66. The summed E-state index contributed by atoms with van der Waals surface area (Å²) in [6.45, 7) is 7.18. The lowest BCUT2D eigenvalue weighted by Crippen LogP contribution is -2.56. The largest absolute Gasteiger partial charge is 0.418 e. The van der Waals surface area contributed by atoms with Gasteiger partial charge in [0.25, 0.3) is 0 Å². The standard InChI is InChI=1S/C24H27F3N8OS.C5H11N/c1-2-21(36)35-10-9-34(12-15(35)5-7-28)23(31)16-6-8-33(13-20(16)32-14-37)22-17(11-29)19(30)4-3-18(22)24(25,26)27;1-6-4-2-3-5-6/h2-4,11,14-15,29,31H,1,5-6,8-10,12-13,30H2,(H,32,37);2-5H2,1H3. The summed E-state index contributed by atoms with van der Waals surface area (Å²) >= 11 is 4.95. The number of carbonyl (C=O) groups excluding carboxylic acids is 1. The molecule has 3 heterocycles. The van der Waals surface area contributed by atoms with Crippen molar-refractivity contribution in [1.29, 1.82) is 16.1 Å². The molecular weight excluding hydrogens is 579 g/mol. The van der Waals surface area contributed by atoms with E-state index in [-0.39, 0.29) is 61.2 Å². The van der Waals surface area contributed by atoms with Crippen LogP contribution in [0, 0.1) is 22.1 Å². The van der Waals surface area contributed by atoms with Gasteiger partial charge in [-0.25, -0.2) is 0 Å². The Morgan fingerprint density at radius 2 is 1.95 bits per heavy atom. The molecule has 1 aromatic rings. The summed E-state index contributed by atoms with van der Waals surface area (Å²) in [5, 5.41) is 28.7. The number of amides is 1. The van der Waals surface area contributed by atoms with Crippen LogP contribution in [-0.4, -0.2) is 97.1 Å². The maximum Gasteiger partial charge on any atom is 0.418 e. The van der Waals surface area contributed by atoms with Crippen LogP contribution in [0.2, 0.25) is 0 Å². The van der Waals surface area contributed by atoms with Gasteiger partial charge < -0.3 is 36.1 Å². The summed E-state index contributed by atoms with van der Waals surface area (Å²) in [4.78, 5) is 19.4. The van der Waals surface area contributed by atoms with Gasteiger partial charge in [-0.2, -0.15) is 18.4 Å². The average molecular weight is 618 g/mol. The van der Waals surface area contributed by atoms with Crippen molar-refractivity contribution in [2.24, 2.45) is 0 Å². The summed E-state index contributed by atoms with van der Waals surface area (Å²) in [5.41, 5.74) is 7.10. The number of nitrogens with zero attached hydrogens (tertiary/aromatic N) is 5. The van der Waals surface area contributed by atoms with Gasteiger partial charge in [-0.15, -0.1) is 0 Å². The fourth-order valence-electron chi connectivity index (χ4n) is 5.58. The van der Waals surface area contributed by atoms with E-state index < -0.39 is 17.8 Å². The van der Waals surface area contributed by atoms with Crippen LogP contribution in [0.25, 0.3) is 0 Å². The number of piperazine rings is 1. The fraction of sp³-hybridized carbons (Fsp3) is 0.483. The first-order chi connectivity index (χ1) is 20.5. The molecule has 1 unspecified atom stereocenters.